The average Bonchev–Trinajstić information content (AvgIpc) is 3.03. The highest BCUT2D eigenvalue weighted by atomic mass is 15.3. The van der Waals surface area contributed by atoms with Crippen LogP contribution in [0.25, 0.3) is 0 Å². The molecule has 1 N–H and O–H groups in total. The second kappa shape index (κ2) is 6.79. The molecule has 0 aliphatic heterocycles. The third-order valence-corrected chi connectivity index (χ3v) is 4.69. The third-order valence-electron chi connectivity index (χ3n) is 4.69. The van der Waals surface area contributed by atoms with Gasteiger partial charge in [-0.1, -0.05) is 31.5 Å². The van der Waals surface area contributed by atoms with Crippen molar-refractivity contribution in [3.8, 4) is 0 Å². The number of hydrogen-bond acceptors (Lipinski definition) is 2. The molecule has 2 aromatic rings. The second-order valence-electron chi connectivity index (χ2n) is 6.13. The Morgan fingerprint density at radius 2 is 1.95 bits per heavy atom. The second-order valence-corrected chi connectivity index (χ2v) is 6.13. The van der Waals surface area contributed by atoms with Crippen molar-refractivity contribution in [1.29, 1.82) is 0 Å². The van der Waals surface area contributed by atoms with Crippen LogP contribution in [0.1, 0.15) is 44.6 Å². The maximum absolute atomic E-state index is 4.31. The molecule has 1 aliphatic rings. The molecule has 0 bridgehead atoms. The molecule has 1 fully saturated rings. The predicted octanol–water partition coefficient (Wildman–Crippen LogP) is 4.31. The van der Waals surface area contributed by atoms with Crippen molar-refractivity contribution in [2.45, 2.75) is 51.6 Å². The summed E-state index contributed by atoms with van der Waals surface area (Å²) < 4.78 is 1.98. The number of rotatable bonds is 5. The van der Waals surface area contributed by atoms with Crippen molar-refractivity contribution >= 4 is 5.69 Å². The first-order valence-electron chi connectivity index (χ1n) is 8.17. The molecule has 112 valence electrons. The number of benzene rings is 1. The van der Waals surface area contributed by atoms with Crippen molar-refractivity contribution in [3.05, 3.63) is 48.3 Å². The molecule has 0 unspecified atom stereocenters. The molecule has 3 heteroatoms. The maximum Gasteiger partial charge on any atom is 0.0679 e. The first-order chi connectivity index (χ1) is 10.3. The fraction of sp³-hybridized carbons (Fsp3) is 0.500. The van der Waals surface area contributed by atoms with Gasteiger partial charge in [0.05, 0.1) is 6.54 Å². The van der Waals surface area contributed by atoms with E-state index in [-0.39, 0.29) is 0 Å². The van der Waals surface area contributed by atoms with Gasteiger partial charge < -0.3 is 5.32 Å². The van der Waals surface area contributed by atoms with Crippen molar-refractivity contribution in [2.24, 2.45) is 5.92 Å². The van der Waals surface area contributed by atoms with E-state index in [1.807, 2.05) is 23.1 Å². The van der Waals surface area contributed by atoms with Crippen molar-refractivity contribution < 1.29 is 0 Å². The molecule has 0 radical (unpaired) electrons. The van der Waals surface area contributed by atoms with Gasteiger partial charge >= 0.3 is 0 Å². The Morgan fingerprint density at radius 3 is 2.67 bits per heavy atom. The van der Waals surface area contributed by atoms with Crippen molar-refractivity contribution in [3.63, 3.8) is 0 Å². The quantitative estimate of drug-likeness (QED) is 0.886. The van der Waals surface area contributed by atoms with Gasteiger partial charge in [0.1, 0.15) is 0 Å². The largest absolute Gasteiger partial charge is 0.382 e. The summed E-state index contributed by atoms with van der Waals surface area (Å²) in [4.78, 5) is 0. The molecule has 0 amide bonds. The predicted molar refractivity (Wildman–Crippen MR) is 87.4 cm³/mol. The van der Waals surface area contributed by atoms with E-state index in [1.54, 1.807) is 0 Å². The van der Waals surface area contributed by atoms with Crippen LogP contribution in [0, 0.1) is 5.92 Å². The Kier molecular flexibility index (Phi) is 4.59. The Labute approximate surface area is 127 Å². The number of hydrogen-bond donors (Lipinski definition) is 1. The van der Waals surface area contributed by atoms with Crippen molar-refractivity contribution in [2.75, 3.05) is 5.32 Å². The smallest absolute Gasteiger partial charge is 0.0679 e. The lowest BCUT2D eigenvalue weighted by atomic mass is 9.84. The van der Waals surface area contributed by atoms with E-state index >= 15 is 0 Å². The van der Waals surface area contributed by atoms with E-state index < -0.39 is 0 Å². The van der Waals surface area contributed by atoms with Gasteiger partial charge in [-0.25, -0.2) is 0 Å². The molecule has 1 aliphatic carbocycles. The Balaban J connectivity index is 1.65. The molecular formula is C18H25N3. The summed E-state index contributed by atoms with van der Waals surface area (Å²) in [6.45, 7) is 3.15. The molecular weight excluding hydrogens is 258 g/mol. The Hall–Kier alpha value is -1.77. The summed E-state index contributed by atoms with van der Waals surface area (Å²) in [5.41, 5.74) is 2.59. The lowest BCUT2D eigenvalue weighted by Gasteiger charge is -2.29. The van der Waals surface area contributed by atoms with Gasteiger partial charge in [-0.15, -0.1) is 0 Å². The summed E-state index contributed by atoms with van der Waals surface area (Å²) >= 11 is 0. The normalized spacial score (nSPS) is 22.1. The lowest BCUT2D eigenvalue weighted by Crippen LogP contribution is -2.26. The van der Waals surface area contributed by atoms with Crippen LogP contribution in [0.5, 0.6) is 0 Å². The van der Waals surface area contributed by atoms with Gasteiger partial charge in [-0.3, -0.25) is 4.68 Å². The fourth-order valence-corrected chi connectivity index (χ4v) is 3.30. The summed E-state index contributed by atoms with van der Waals surface area (Å²) in [6.07, 6.45) is 10.5. The van der Waals surface area contributed by atoms with Gasteiger partial charge in [-0.05, 0) is 49.3 Å². The molecule has 1 aromatic carbocycles. The SMILES string of the molecule is CCC1CCC(Nc2ccccc2Cn2cccn2)CC1. The minimum atomic E-state index is 0.631. The van der Waals surface area contributed by atoms with E-state index in [0.717, 1.165) is 12.5 Å². The molecule has 21 heavy (non-hydrogen) atoms. The number of nitrogens with zero attached hydrogens (tertiary/aromatic N) is 2. The molecule has 0 atom stereocenters. The molecule has 3 nitrogen and oxygen atoms in total. The van der Waals surface area contributed by atoms with Gasteiger partial charge in [-0.2, -0.15) is 5.10 Å². The fourth-order valence-electron chi connectivity index (χ4n) is 3.30. The van der Waals surface area contributed by atoms with Crippen molar-refractivity contribution in [1.82, 2.24) is 9.78 Å². The summed E-state index contributed by atoms with van der Waals surface area (Å²) in [7, 11) is 0. The minimum Gasteiger partial charge on any atom is -0.382 e. The van der Waals surface area contributed by atoms with Gasteiger partial charge in [0.2, 0.25) is 0 Å². The summed E-state index contributed by atoms with van der Waals surface area (Å²) in [5, 5.41) is 8.07. The number of aromatic nitrogens is 2. The molecule has 1 saturated carbocycles. The van der Waals surface area contributed by atoms with Crippen LogP contribution in [-0.4, -0.2) is 15.8 Å². The van der Waals surface area contributed by atoms with Gasteiger partial charge in [0.25, 0.3) is 0 Å². The monoisotopic (exact) mass is 283 g/mol. The van der Waals surface area contributed by atoms with E-state index in [2.05, 4.69) is 41.6 Å². The minimum absolute atomic E-state index is 0.631. The lowest BCUT2D eigenvalue weighted by molar-refractivity contribution is 0.330. The summed E-state index contributed by atoms with van der Waals surface area (Å²) in [5.74, 6) is 0.947. The third kappa shape index (κ3) is 3.66. The summed E-state index contributed by atoms with van der Waals surface area (Å²) in [6, 6.07) is 11.2. The standard InChI is InChI=1S/C18H25N3/c1-2-15-8-10-17(11-9-15)20-18-7-4-3-6-16(18)14-21-13-5-12-19-21/h3-7,12-13,15,17,20H,2,8-11,14H2,1H3. The molecule has 3 rings (SSSR count). The number of nitrogens with one attached hydrogen (secondary N) is 1. The van der Waals surface area contributed by atoms with Crippen LogP contribution in [0.2, 0.25) is 0 Å². The van der Waals surface area contributed by atoms with E-state index in [4.69, 9.17) is 0 Å². The highest BCUT2D eigenvalue weighted by Gasteiger charge is 2.20. The Morgan fingerprint density at radius 1 is 1.14 bits per heavy atom. The molecule has 0 saturated heterocycles. The van der Waals surface area contributed by atoms with E-state index in [1.165, 1.54) is 43.4 Å². The topological polar surface area (TPSA) is 29.9 Å². The van der Waals surface area contributed by atoms with E-state index in [9.17, 15) is 0 Å². The van der Waals surface area contributed by atoms with Gasteiger partial charge in [0.15, 0.2) is 0 Å². The number of anilines is 1. The number of para-hydroxylation sites is 1. The highest BCUT2D eigenvalue weighted by Crippen LogP contribution is 2.29. The van der Waals surface area contributed by atoms with E-state index in [0.29, 0.717) is 6.04 Å². The van der Waals surface area contributed by atoms with Crippen LogP contribution in [-0.2, 0) is 6.54 Å². The highest BCUT2D eigenvalue weighted by molar-refractivity contribution is 5.51. The maximum atomic E-state index is 4.31. The Bertz CT molecular complexity index is 539. The molecule has 0 spiro atoms. The zero-order valence-corrected chi connectivity index (χ0v) is 12.8. The zero-order valence-electron chi connectivity index (χ0n) is 12.8. The van der Waals surface area contributed by atoms with Crippen LogP contribution in [0.15, 0.2) is 42.7 Å². The van der Waals surface area contributed by atoms with Crippen LogP contribution < -0.4 is 5.32 Å². The molecule has 1 heterocycles. The first kappa shape index (κ1) is 14.2. The van der Waals surface area contributed by atoms with Gasteiger partial charge in [0, 0.05) is 24.1 Å². The molecule has 1 aromatic heterocycles. The van der Waals surface area contributed by atoms with Crippen LogP contribution >= 0.6 is 0 Å². The first-order valence-corrected chi connectivity index (χ1v) is 8.17. The zero-order chi connectivity index (χ0) is 14.5. The van der Waals surface area contributed by atoms with Crippen LogP contribution in [0.4, 0.5) is 5.69 Å². The average molecular weight is 283 g/mol. The van der Waals surface area contributed by atoms with Crippen LogP contribution in [0.3, 0.4) is 0 Å².